The Hall–Kier alpha value is -1.65. The first-order valence-corrected chi connectivity index (χ1v) is 12.1. The van der Waals surface area contributed by atoms with Crippen LogP contribution in [0.1, 0.15) is 12.8 Å². The fraction of sp³-hybridized carbons (Fsp3) is 0.588. The van der Waals surface area contributed by atoms with Gasteiger partial charge < -0.3 is 9.64 Å². The maximum Gasteiger partial charge on any atom is 0.243 e. The quantitative estimate of drug-likeness (QED) is 0.702. The van der Waals surface area contributed by atoms with E-state index >= 15 is 0 Å². The first-order chi connectivity index (χ1) is 12.7. The lowest BCUT2D eigenvalue weighted by Crippen LogP contribution is -2.50. The number of rotatable bonds is 4. The molecule has 2 aliphatic heterocycles. The SMILES string of the molecule is COc1ccc(S(=O)(=O)N2CCCC(C(=O)N3CCS(=O)(=O)CC3)C2)cc1. The molecule has 2 saturated heterocycles. The number of methoxy groups -OCH3 is 1. The summed E-state index contributed by atoms with van der Waals surface area (Å²) in [5.41, 5.74) is 0. The van der Waals surface area contributed by atoms with Crippen molar-refractivity contribution in [2.24, 2.45) is 5.92 Å². The monoisotopic (exact) mass is 416 g/mol. The molecule has 2 fully saturated rings. The summed E-state index contributed by atoms with van der Waals surface area (Å²) in [6.07, 6.45) is 1.20. The highest BCUT2D eigenvalue weighted by atomic mass is 32.2. The van der Waals surface area contributed by atoms with Crippen LogP contribution in [0.2, 0.25) is 0 Å². The van der Waals surface area contributed by atoms with Gasteiger partial charge in [-0.1, -0.05) is 0 Å². The molecule has 0 N–H and O–H groups in total. The zero-order valence-corrected chi connectivity index (χ0v) is 16.8. The molecular weight excluding hydrogens is 392 g/mol. The number of piperidine rings is 1. The van der Waals surface area contributed by atoms with Gasteiger partial charge in [0.15, 0.2) is 9.84 Å². The predicted molar refractivity (Wildman–Crippen MR) is 99.7 cm³/mol. The van der Waals surface area contributed by atoms with Crippen LogP contribution < -0.4 is 4.74 Å². The molecule has 0 spiro atoms. The normalized spacial score (nSPS) is 23.7. The summed E-state index contributed by atoms with van der Waals surface area (Å²) in [5.74, 6) is -0.0775. The molecule has 1 aromatic rings. The van der Waals surface area contributed by atoms with Gasteiger partial charge in [0.25, 0.3) is 0 Å². The van der Waals surface area contributed by atoms with E-state index in [9.17, 15) is 21.6 Å². The minimum absolute atomic E-state index is 0.0285. The van der Waals surface area contributed by atoms with Crippen molar-refractivity contribution in [1.29, 1.82) is 0 Å². The summed E-state index contributed by atoms with van der Waals surface area (Å²) in [6.45, 7) is 0.856. The third kappa shape index (κ3) is 4.44. The lowest BCUT2D eigenvalue weighted by Gasteiger charge is -2.35. The molecule has 2 heterocycles. The summed E-state index contributed by atoms with van der Waals surface area (Å²) in [5, 5.41) is 0. The largest absolute Gasteiger partial charge is 0.497 e. The topological polar surface area (TPSA) is 101 Å². The third-order valence-electron chi connectivity index (χ3n) is 5.09. The Bertz CT molecular complexity index is 882. The van der Waals surface area contributed by atoms with Gasteiger partial charge >= 0.3 is 0 Å². The van der Waals surface area contributed by atoms with Crippen LogP contribution in [0.15, 0.2) is 29.2 Å². The van der Waals surface area contributed by atoms with E-state index in [0.29, 0.717) is 25.1 Å². The van der Waals surface area contributed by atoms with Crippen molar-refractivity contribution in [1.82, 2.24) is 9.21 Å². The Kier molecular flexibility index (Phi) is 5.78. The van der Waals surface area contributed by atoms with Crippen LogP contribution in [0.4, 0.5) is 0 Å². The molecule has 10 heteroatoms. The number of sulfonamides is 1. The van der Waals surface area contributed by atoms with Crippen LogP contribution in [0, 0.1) is 5.92 Å². The predicted octanol–water partition coefficient (Wildman–Crippen LogP) is 0.353. The van der Waals surface area contributed by atoms with E-state index in [-0.39, 0.29) is 41.9 Å². The Morgan fingerprint density at radius 3 is 2.33 bits per heavy atom. The Morgan fingerprint density at radius 2 is 1.74 bits per heavy atom. The Balaban J connectivity index is 1.70. The van der Waals surface area contributed by atoms with Gasteiger partial charge in [-0.15, -0.1) is 0 Å². The highest BCUT2D eigenvalue weighted by molar-refractivity contribution is 7.91. The van der Waals surface area contributed by atoms with Crippen molar-refractivity contribution in [3.8, 4) is 5.75 Å². The molecule has 8 nitrogen and oxygen atoms in total. The van der Waals surface area contributed by atoms with Crippen molar-refractivity contribution < 1.29 is 26.4 Å². The first kappa shape index (κ1) is 20.1. The summed E-state index contributed by atoms with van der Waals surface area (Å²) < 4.78 is 55.3. The third-order valence-corrected chi connectivity index (χ3v) is 8.58. The molecule has 1 aromatic carbocycles. The number of ether oxygens (including phenoxy) is 1. The van der Waals surface area contributed by atoms with E-state index in [1.54, 1.807) is 17.0 Å². The fourth-order valence-corrected chi connectivity index (χ4v) is 6.18. The second kappa shape index (κ2) is 7.76. The molecule has 0 aromatic heterocycles. The Morgan fingerprint density at radius 1 is 1.11 bits per heavy atom. The number of hydrogen-bond acceptors (Lipinski definition) is 6. The number of carbonyl (C=O) groups is 1. The average Bonchev–Trinajstić information content (AvgIpc) is 2.67. The zero-order chi connectivity index (χ0) is 19.7. The number of carbonyl (C=O) groups excluding carboxylic acids is 1. The number of sulfone groups is 1. The van der Waals surface area contributed by atoms with Crippen LogP contribution in [0.3, 0.4) is 0 Å². The molecular formula is C17H24N2O6S2. The number of amides is 1. The van der Waals surface area contributed by atoms with Gasteiger partial charge in [-0.3, -0.25) is 4.79 Å². The molecule has 1 atom stereocenters. The molecule has 150 valence electrons. The van der Waals surface area contributed by atoms with E-state index in [0.717, 1.165) is 0 Å². The van der Waals surface area contributed by atoms with E-state index < -0.39 is 25.8 Å². The summed E-state index contributed by atoms with van der Waals surface area (Å²) in [6, 6.07) is 6.17. The summed E-state index contributed by atoms with van der Waals surface area (Å²) in [7, 11) is -5.25. The number of nitrogens with zero attached hydrogens (tertiary/aromatic N) is 2. The Labute approximate surface area is 160 Å². The van der Waals surface area contributed by atoms with Gasteiger partial charge in [0.05, 0.1) is 29.4 Å². The fourth-order valence-electron chi connectivity index (χ4n) is 3.45. The van der Waals surface area contributed by atoms with Crippen LogP contribution in [0.5, 0.6) is 5.75 Å². The average molecular weight is 417 g/mol. The summed E-state index contributed by atoms with van der Waals surface area (Å²) >= 11 is 0. The highest BCUT2D eigenvalue weighted by Gasteiger charge is 2.36. The van der Waals surface area contributed by atoms with Gasteiger partial charge in [0, 0.05) is 26.2 Å². The van der Waals surface area contributed by atoms with E-state index in [1.807, 2.05) is 0 Å². The summed E-state index contributed by atoms with van der Waals surface area (Å²) in [4.78, 5) is 14.5. The lowest BCUT2D eigenvalue weighted by atomic mass is 9.98. The van der Waals surface area contributed by atoms with Crippen molar-refractivity contribution in [2.45, 2.75) is 17.7 Å². The molecule has 0 aliphatic carbocycles. The smallest absolute Gasteiger partial charge is 0.243 e. The van der Waals surface area contributed by atoms with Crippen LogP contribution >= 0.6 is 0 Å². The van der Waals surface area contributed by atoms with Gasteiger partial charge in [0.2, 0.25) is 15.9 Å². The molecule has 2 aliphatic rings. The van der Waals surface area contributed by atoms with Gasteiger partial charge in [-0.25, -0.2) is 16.8 Å². The maximum atomic E-state index is 12.9. The first-order valence-electron chi connectivity index (χ1n) is 8.86. The van der Waals surface area contributed by atoms with Crippen molar-refractivity contribution >= 4 is 25.8 Å². The molecule has 3 rings (SSSR count). The lowest BCUT2D eigenvalue weighted by molar-refractivity contribution is -0.136. The van der Waals surface area contributed by atoms with Crippen LogP contribution in [0.25, 0.3) is 0 Å². The zero-order valence-electron chi connectivity index (χ0n) is 15.2. The second-order valence-corrected chi connectivity index (χ2v) is 11.1. The molecule has 0 saturated carbocycles. The minimum Gasteiger partial charge on any atom is -0.497 e. The highest BCUT2D eigenvalue weighted by Crippen LogP contribution is 2.26. The number of hydrogen-bond donors (Lipinski definition) is 0. The number of benzene rings is 1. The standard InChI is InChI=1S/C17H24N2O6S2/c1-25-15-4-6-16(7-5-15)27(23,24)19-8-2-3-14(13-19)17(20)18-9-11-26(21,22)12-10-18/h4-7,14H,2-3,8-13H2,1H3. The minimum atomic E-state index is -3.69. The maximum absolute atomic E-state index is 12.9. The van der Waals surface area contributed by atoms with Crippen LogP contribution in [-0.4, -0.2) is 76.7 Å². The van der Waals surface area contributed by atoms with Crippen LogP contribution in [-0.2, 0) is 24.7 Å². The molecule has 27 heavy (non-hydrogen) atoms. The molecule has 1 amide bonds. The second-order valence-electron chi connectivity index (χ2n) is 6.85. The van der Waals surface area contributed by atoms with E-state index in [2.05, 4.69) is 0 Å². The van der Waals surface area contributed by atoms with E-state index in [1.165, 1.54) is 23.5 Å². The van der Waals surface area contributed by atoms with Gasteiger partial charge in [0.1, 0.15) is 5.75 Å². The molecule has 1 unspecified atom stereocenters. The molecule has 0 radical (unpaired) electrons. The molecule has 0 bridgehead atoms. The van der Waals surface area contributed by atoms with Gasteiger partial charge in [-0.2, -0.15) is 4.31 Å². The van der Waals surface area contributed by atoms with Crippen molar-refractivity contribution in [3.05, 3.63) is 24.3 Å². The van der Waals surface area contributed by atoms with Crippen molar-refractivity contribution in [2.75, 3.05) is 44.8 Å². The van der Waals surface area contributed by atoms with Gasteiger partial charge in [-0.05, 0) is 37.1 Å². The van der Waals surface area contributed by atoms with E-state index in [4.69, 9.17) is 4.74 Å². The van der Waals surface area contributed by atoms with Crippen molar-refractivity contribution in [3.63, 3.8) is 0 Å².